The lowest BCUT2D eigenvalue weighted by molar-refractivity contribution is 0.0697. The molecule has 0 saturated carbocycles. The zero-order valence-electron chi connectivity index (χ0n) is 10.9. The van der Waals surface area contributed by atoms with Crippen molar-refractivity contribution in [3.8, 4) is 11.5 Å². The summed E-state index contributed by atoms with van der Waals surface area (Å²) >= 11 is 6.04. The van der Waals surface area contributed by atoms with Crippen LogP contribution < -0.4 is 10.5 Å². The maximum absolute atomic E-state index is 10.8. The number of rotatable bonds is 4. The molecule has 0 radical (unpaired) electrons. The summed E-state index contributed by atoms with van der Waals surface area (Å²) in [7, 11) is 0. The first-order valence-electron chi connectivity index (χ1n) is 6.10. The van der Waals surface area contributed by atoms with Gasteiger partial charge in [-0.05, 0) is 48.4 Å². The molecule has 104 valence electrons. The number of nitrogens with two attached hydrogens (primary N) is 1. The maximum atomic E-state index is 10.8. The van der Waals surface area contributed by atoms with Crippen LogP contribution in [0.2, 0.25) is 5.02 Å². The minimum Gasteiger partial charge on any atom is -0.478 e. The van der Waals surface area contributed by atoms with Crippen LogP contribution in [0.5, 0.6) is 11.5 Å². The van der Waals surface area contributed by atoms with Gasteiger partial charge in [-0.15, -0.1) is 0 Å². The molecule has 2 aromatic carbocycles. The molecule has 4 nitrogen and oxygen atoms in total. The number of ether oxygens (including phenoxy) is 1. The molecular formula is C15H14ClNO3. The van der Waals surface area contributed by atoms with Gasteiger partial charge in [0.25, 0.3) is 0 Å². The van der Waals surface area contributed by atoms with Gasteiger partial charge in [-0.3, -0.25) is 0 Å². The fourth-order valence-corrected chi connectivity index (χ4v) is 2.04. The fourth-order valence-electron chi connectivity index (χ4n) is 1.79. The van der Waals surface area contributed by atoms with Crippen LogP contribution >= 0.6 is 11.6 Å². The summed E-state index contributed by atoms with van der Waals surface area (Å²) in [4.78, 5) is 10.8. The van der Waals surface area contributed by atoms with E-state index in [1.807, 2.05) is 13.0 Å². The second-order valence-electron chi connectivity index (χ2n) is 4.27. The van der Waals surface area contributed by atoms with Crippen LogP contribution in [0.15, 0.2) is 36.4 Å². The van der Waals surface area contributed by atoms with E-state index in [1.165, 1.54) is 12.1 Å². The van der Waals surface area contributed by atoms with Gasteiger partial charge in [-0.25, -0.2) is 4.79 Å². The molecule has 0 aliphatic carbocycles. The zero-order chi connectivity index (χ0) is 14.7. The highest BCUT2D eigenvalue weighted by Gasteiger charge is 2.09. The maximum Gasteiger partial charge on any atom is 0.335 e. The number of hydrogen-bond donors (Lipinski definition) is 2. The summed E-state index contributed by atoms with van der Waals surface area (Å²) in [6, 6.07) is 9.70. The highest BCUT2D eigenvalue weighted by molar-refractivity contribution is 6.31. The minimum atomic E-state index is -1.02. The Hall–Kier alpha value is -2.20. The van der Waals surface area contributed by atoms with Crippen molar-refractivity contribution < 1.29 is 14.6 Å². The summed E-state index contributed by atoms with van der Waals surface area (Å²) in [6.07, 6.45) is 0.795. The number of carboxylic acids is 1. The molecule has 0 saturated heterocycles. The summed E-state index contributed by atoms with van der Waals surface area (Å²) < 4.78 is 5.66. The largest absolute Gasteiger partial charge is 0.478 e. The number of halogens is 1. The first kappa shape index (κ1) is 14.2. The van der Waals surface area contributed by atoms with Gasteiger partial charge in [0.15, 0.2) is 0 Å². The number of aryl methyl sites for hydroxylation is 1. The Morgan fingerprint density at radius 3 is 2.65 bits per heavy atom. The van der Waals surface area contributed by atoms with Crippen molar-refractivity contribution in [3.05, 3.63) is 52.5 Å². The number of carboxylic acid groups (broad SMARTS) is 1. The van der Waals surface area contributed by atoms with E-state index in [2.05, 4.69) is 0 Å². The number of aromatic carboxylic acids is 1. The van der Waals surface area contributed by atoms with Crippen molar-refractivity contribution in [3.63, 3.8) is 0 Å². The summed E-state index contributed by atoms with van der Waals surface area (Å²) in [6.45, 7) is 2.00. The van der Waals surface area contributed by atoms with E-state index < -0.39 is 5.97 Å². The van der Waals surface area contributed by atoms with Gasteiger partial charge in [0.1, 0.15) is 11.5 Å². The quantitative estimate of drug-likeness (QED) is 0.836. The van der Waals surface area contributed by atoms with Crippen LogP contribution in [0.1, 0.15) is 22.8 Å². The molecule has 2 rings (SSSR count). The Morgan fingerprint density at radius 1 is 1.30 bits per heavy atom. The lowest BCUT2D eigenvalue weighted by Gasteiger charge is -2.10. The molecule has 0 aromatic heterocycles. The second-order valence-corrected chi connectivity index (χ2v) is 4.67. The predicted octanol–water partition coefficient (Wildman–Crippen LogP) is 3.98. The number of carbonyl (C=O) groups is 1. The van der Waals surface area contributed by atoms with Crippen LogP contribution in [0.3, 0.4) is 0 Å². The zero-order valence-corrected chi connectivity index (χ0v) is 11.6. The summed E-state index contributed by atoms with van der Waals surface area (Å²) in [5.41, 5.74) is 7.17. The highest BCUT2D eigenvalue weighted by atomic mass is 35.5. The van der Waals surface area contributed by atoms with E-state index in [0.717, 1.165) is 12.0 Å². The smallest absolute Gasteiger partial charge is 0.335 e. The molecule has 0 spiro atoms. The Balaban J connectivity index is 2.28. The van der Waals surface area contributed by atoms with Gasteiger partial charge >= 0.3 is 5.97 Å². The molecule has 0 aliphatic rings. The fraction of sp³-hybridized carbons (Fsp3) is 0.133. The van der Waals surface area contributed by atoms with E-state index in [9.17, 15) is 4.79 Å². The van der Waals surface area contributed by atoms with E-state index in [1.54, 1.807) is 18.2 Å². The molecule has 3 N–H and O–H groups in total. The molecule has 0 amide bonds. The lowest BCUT2D eigenvalue weighted by Crippen LogP contribution is -1.99. The Bertz CT molecular complexity index is 656. The molecule has 20 heavy (non-hydrogen) atoms. The Kier molecular flexibility index (Phi) is 4.15. The van der Waals surface area contributed by atoms with Gasteiger partial charge in [-0.2, -0.15) is 0 Å². The van der Waals surface area contributed by atoms with Gasteiger partial charge in [0.2, 0.25) is 0 Å². The van der Waals surface area contributed by atoms with Crippen LogP contribution in [0.25, 0.3) is 0 Å². The van der Waals surface area contributed by atoms with Crippen molar-refractivity contribution in [2.24, 2.45) is 0 Å². The van der Waals surface area contributed by atoms with Crippen molar-refractivity contribution >= 4 is 23.3 Å². The van der Waals surface area contributed by atoms with Gasteiger partial charge < -0.3 is 15.6 Å². The van der Waals surface area contributed by atoms with E-state index in [-0.39, 0.29) is 11.3 Å². The van der Waals surface area contributed by atoms with Gasteiger partial charge in [-0.1, -0.05) is 18.5 Å². The van der Waals surface area contributed by atoms with Crippen molar-refractivity contribution in [1.82, 2.24) is 0 Å². The number of hydrogen-bond acceptors (Lipinski definition) is 3. The molecule has 0 aliphatic heterocycles. The minimum absolute atomic E-state index is 0.125. The standard InChI is InChI=1S/C15H14ClNO3/c1-2-9-7-11(4-5-12(9)16)20-14-6-3-10(15(18)19)8-13(14)17/h3-8H,2,17H2,1H3,(H,18,19). The van der Waals surface area contributed by atoms with Gasteiger partial charge in [0, 0.05) is 5.02 Å². The normalized spacial score (nSPS) is 10.3. The number of anilines is 1. The highest BCUT2D eigenvalue weighted by Crippen LogP contribution is 2.30. The van der Waals surface area contributed by atoms with Gasteiger partial charge in [0.05, 0.1) is 11.3 Å². The number of benzene rings is 2. The molecule has 5 heteroatoms. The second kappa shape index (κ2) is 5.84. The Labute approximate surface area is 121 Å². The summed E-state index contributed by atoms with van der Waals surface area (Å²) in [5, 5.41) is 9.57. The Morgan fingerprint density at radius 2 is 2.05 bits per heavy atom. The van der Waals surface area contributed by atoms with Crippen LogP contribution in [-0.2, 0) is 6.42 Å². The monoisotopic (exact) mass is 291 g/mol. The summed E-state index contributed by atoms with van der Waals surface area (Å²) in [5.74, 6) is 0.00316. The third-order valence-electron chi connectivity index (χ3n) is 2.88. The number of nitrogen functional groups attached to an aromatic ring is 1. The average molecular weight is 292 g/mol. The molecule has 0 unspecified atom stereocenters. The van der Waals surface area contributed by atoms with Crippen molar-refractivity contribution in [2.45, 2.75) is 13.3 Å². The lowest BCUT2D eigenvalue weighted by atomic mass is 10.1. The van der Waals surface area contributed by atoms with Crippen molar-refractivity contribution in [1.29, 1.82) is 0 Å². The molecular weight excluding hydrogens is 278 g/mol. The first-order valence-corrected chi connectivity index (χ1v) is 6.48. The average Bonchev–Trinajstić information content (AvgIpc) is 2.42. The van der Waals surface area contributed by atoms with E-state index in [0.29, 0.717) is 16.5 Å². The third kappa shape index (κ3) is 3.03. The van der Waals surface area contributed by atoms with Crippen LogP contribution in [-0.4, -0.2) is 11.1 Å². The van der Waals surface area contributed by atoms with Crippen LogP contribution in [0, 0.1) is 0 Å². The molecule has 0 atom stereocenters. The van der Waals surface area contributed by atoms with E-state index >= 15 is 0 Å². The third-order valence-corrected chi connectivity index (χ3v) is 3.25. The molecule has 2 aromatic rings. The van der Waals surface area contributed by atoms with Crippen LogP contribution in [0.4, 0.5) is 5.69 Å². The molecule has 0 fully saturated rings. The first-order chi connectivity index (χ1) is 9.51. The molecule has 0 bridgehead atoms. The van der Waals surface area contributed by atoms with Crippen molar-refractivity contribution in [2.75, 3.05) is 5.73 Å². The predicted molar refractivity (Wildman–Crippen MR) is 78.7 cm³/mol. The topological polar surface area (TPSA) is 72.5 Å². The SMILES string of the molecule is CCc1cc(Oc2ccc(C(=O)O)cc2N)ccc1Cl. The molecule has 0 heterocycles. The van der Waals surface area contributed by atoms with E-state index in [4.69, 9.17) is 27.2 Å².